The van der Waals surface area contributed by atoms with E-state index in [9.17, 15) is 4.79 Å². The van der Waals surface area contributed by atoms with E-state index in [2.05, 4.69) is 39.4 Å². The zero-order chi connectivity index (χ0) is 24.1. The van der Waals surface area contributed by atoms with E-state index in [4.69, 9.17) is 14.2 Å². The summed E-state index contributed by atoms with van der Waals surface area (Å²) in [4.78, 5) is 18.3. The average Bonchev–Trinajstić information content (AvgIpc) is 3.35. The summed E-state index contributed by atoms with van der Waals surface area (Å²) in [6.45, 7) is 7.75. The second-order valence-corrected chi connectivity index (χ2v) is 9.41. The van der Waals surface area contributed by atoms with Gasteiger partial charge in [0.15, 0.2) is 11.5 Å². The number of methoxy groups -OCH3 is 2. The van der Waals surface area contributed by atoms with Gasteiger partial charge in [-0.2, -0.15) is 0 Å². The zero-order valence-corrected chi connectivity index (χ0v) is 22.4. The Labute approximate surface area is 217 Å². The summed E-state index contributed by atoms with van der Waals surface area (Å²) in [6.07, 6.45) is 0.509. The normalized spacial score (nSPS) is 13.9. The van der Waals surface area contributed by atoms with Crippen molar-refractivity contribution in [3.63, 3.8) is 0 Å². The Kier molecular flexibility index (Phi) is 9.48. The molecule has 0 aliphatic carbocycles. The number of hydrogen-bond donors (Lipinski definition) is 0. The van der Waals surface area contributed by atoms with Gasteiger partial charge >= 0.3 is 6.09 Å². The minimum Gasteiger partial charge on any atom is -0.493 e. The Bertz CT molecular complexity index is 1130. The number of fused-ring (bicyclic) bond motifs is 1. The molecule has 3 aromatic rings. The molecular weight excluding hydrogens is 486 g/mol. The third-order valence-electron chi connectivity index (χ3n) is 6.33. The van der Waals surface area contributed by atoms with Gasteiger partial charge in [-0.1, -0.05) is 6.07 Å². The van der Waals surface area contributed by atoms with Crippen LogP contribution in [0.25, 0.3) is 10.1 Å². The number of aryl methyl sites for hydroxylation is 1. The second kappa shape index (κ2) is 12.3. The van der Waals surface area contributed by atoms with Gasteiger partial charge in [0.2, 0.25) is 0 Å². The Morgan fingerprint density at radius 3 is 2.60 bits per heavy atom. The minimum atomic E-state index is -0.428. The SMILES string of the molecule is COC(=O)N(C)c1cc(C)c(OCCCN2CCN(c3cccc4sccc34)CC2)c(OC)c1.Cl. The molecule has 1 saturated heterocycles. The van der Waals surface area contributed by atoms with Gasteiger partial charge in [-0.25, -0.2) is 4.79 Å². The van der Waals surface area contributed by atoms with E-state index >= 15 is 0 Å². The van der Waals surface area contributed by atoms with Crippen LogP contribution in [0.3, 0.4) is 0 Å². The predicted octanol–water partition coefficient (Wildman–Crippen LogP) is 5.43. The van der Waals surface area contributed by atoms with Crippen LogP contribution in [0.15, 0.2) is 41.8 Å². The van der Waals surface area contributed by atoms with Crippen molar-refractivity contribution in [2.24, 2.45) is 0 Å². The monoisotopic (exact) mass is 519 g/mol. The fraction of sp³-hybridized carbons (Fsp3) is 0.423. The lowest BCUT2D eigenvalue weighted by Crippen LogP contribution is -2.46. The molecule has 1 aliphatic rings. The highest BCUT2D eigenvalue weighted by Gasteiger charge is 2.20. The summed E-state index contributed by atoms with van der Waals surface area (Å²) in [6, 6.07) is 12.5. The number of nitrogens with zero attached hydrogens (tertiary/aromatic N) is 3. The number of carbonyl (C=O) groups is 1. The van der Waals surface area contributed by atoms with Crippen molar-refractivity contribution in [3.8, 4) is 11.5 Å². The van der Waals surface area contributed by atoms with Gasteiger partial charge in [0, 0.05) is 61.6 Å². The minimum absolute atomic E-state index is 0. The van der Waals surface area contributed by atoms with Crippen LogP contribution in [0, 0.1) is 6.92 Å². The van der Waals surface area contributed by atoms with Gasteiger partial charge in [-0.15, -0.1) is 23.7 Å². The first-order valence-electron chi connectivity index (χ1n) is 11.6. The van der Waals surface area contributed by atoms with Crippen LogP contribution in [0.5, 0.6) is 11.5 Å². The third kappa shape index (κ3) is 6.12. The highest BCUT2D eigenvalue weighted by molar-refractivity contribution is 7.17. The van der Waals surface area contributed by atoms with Gasteiger partial charge in [-0.05, 0) is 48.6 Å². The van der Waals surface area contributed by atoms with Crippen LogP contribution < -0.4 is 19.3 Å². The summed E-state index contributed by atoms with van der Waals surface area (Å²) >= 11 is 1.80. The Morgan fingerprint density at radius 2 is 1.89 bits per heavy atom. The fourth-order valence-corrected chi connectivity index (χ4v) is 5.23. The molecule has 2 aromatic carbocycles. The second-order valence-electron chi connectivity index (χ2n) is 8.46. The highest BCUT2D eigenvalue weighted by Crippen LogP contribution is 2.36. The number of halogens is 1. The molecule has 35 heavy (non-hydrogen) atoms. The number of amides is 1. The van der Waals surface area contributed by atoms with Gasteiger partial charge in [0.1, 0.15) is 0 Å². The lowest BCUT2D eigenvalue weighted by molar-refractivity contribution is 0.180. The van der Waals surface area contributed by atoms with E-state index in [0.717, 1.165) is 50.5 Å². The van der Waals surface area contributed by atoms with Crippen molar-refractivity contribution in [3.05, 3.63) is 47.3 Å². The summed E-state index contributed by atoms with van der Waals surface area (Å²) < 4.78 is 17.8. The fourth-order valence-electron chi connectivity index (χ4n) is 4.42. The molecule has 1 amide bonds. The molecule has 0 saturated carbocycles. The first-order valence-corrected chi connectivity index (χ1v) is 12.5. The molecule has 0 unspecified atom stereocenters. The molecule has 0 bridgehead atoms. The van der Waals surface area contributed by atoms with Gasteiger partial charge in [0.05, 0.1) is 26.5 Å². The number of piperazine rings is 1. The first-order chi connectivity index (χ1) is 16.5. The third-order valence-corrected chi connectivity index (χ3v) is 7.21. The predicted molar refractivity (Wildman–Crippen MR) is 146 cm³/mol. The molecule has 0 atom stereocenters. The van der Waals surface area contributed by atoms with Crippen molar-refractivity contribution in [2.75, 3.05) is 70.4 Å². The summed E-state index contributed by atoms with van der Waals surface area (Å²) in [7, 11) is 4.64. The molecule has 1 aliphatic heterocycles. The Morgan fingerprint density at radius 1 is 1.11 bits per heavy atom. The molecule has 0 spiro atoms. The van der Waals surface area contributed by atoms with Crippen molar-refractivity contribution in [1.29, 1.82) is 0 Å². The molecular formula is C26H34ClN3O4S. The van der Waals surface area contributed by atoms with E-state index in [1.807, 2.05) is 13.0 Å². The maximum Gasteiger partial charge on any atom is 0.413 e. The lowest BCUT2D eigenvalue weighted by Gasteiger charge is -2.36. The number of hydrogen-bond acceptors (Lipinski definition) is 7. The highest BCUT2D eigenvalue weighted by atomic mass is 35.5. The van der Waals surface area contributed by atoms with E-state index in [1.165, 1.54) is 27.8 Å². The van der Waals surface area contributed by atoms with Crippen LogP contribution >= 0.6 is 23.7 Å². The molecule has 1 aromatic heterocycles. The number of benzene rings is 2. The Balaban J connectivity index is 0.00000342. The van der Waals surface area contributed by atoms with E-state index in [1.54, 1.807) is 31.6 Å². The molecule has 0 N–H and O–H groups in total. The van der Waals surface area contributed by atoms with Crippen molar-refractivity contribution in [1.82, 2.24) is 4.90 Å². The summed E-state index contributed by atoms with van der Waals surface area (Å²) in [5.41, 5.74) is 2.97. The largest absolute Gasteiger partial charge is 0.493 e. The molecule has 1 fully saturated rings. The maximum atomic E-state index is 11.8. The first kappa shape index (κ1) is 26.9. The molecule has 4 rings (SSSR count). The van der Waals surface area contributed by atoms with Crippen molar-refractivity contribution < 1.29 is 19.0 Å². The summed E-state index contributed by atoms with van der Waals surface area (Å²) in [5, 5.41) is 3.54. The lowest BCUT2D eigenvalue weighted by atomic mass is 10.1. The molecule has 2 heterocycles. The van der Waals surface area contributed by atoms with Crippen LogP contribution in [0.4, 0.5) is 16.2 Å². The van der Waals surface area contributed by atoms with E-state index in [-0.39, 0.29) is 12.4 Å². The van der Waals surface area contributed by atoms with E-state index < -0.39 is 6.09 Å². The quantitative estimate of drug-likeness (QED) is 0.370. The van der Waals surface area contributed by atoms with Crippen LogP contribution in [0.1, 0.15) is 12.0 Å². The topological polar surface area (TPSA) is 54.5 Å². The zero-order valence-electron chi connectivity index (χ0n) is 20.8. The smallest absolute Gasteiger partial charge is 0.413 e. The van der Waals surface area contributed by atoms with Crippen LogP contribution in [0.2, 0.25) is 0 Å². The Hall–Kier alpha value is -2.68. The number of carbonyl (C=O) groups excluding carboxylic acids is 1. The van der Waals surface area contributed by atoms with Gasteiger partial charge in [-0.3, -0.25) is 9.80 Å². The molecule has 0 radical (unpaired) electrons. The van der Waals surface area contributed by atoms with Crippen LogP contribution in [-0.4, -0.2) is 71.6 Å². The van der Waals surface area contributed by atoms with Crippen LogP contribution in [-0.2, 0) is 4.74 Å². The standard InChI is InChI=1S/C26H33N3O4S.ClH/c1-19-17-20(27(2)26(30)32-4)18-23(31-3)25(19)33-15-6-10-28-11-13-29(14-12-28)22-7-5-8-24-21(22)9-16-34-24;/h5,7-9,16-18H,6,10-15H2,1-4H3;1H. The molecule has 7 nitrogen and oxygen atoms in total. The van der Waals surface area contributed by atoms with Crippen molar-refractivity contribution >= 4 is 51.3 Å². The average molecular weight is 520 g/mol. The number of ether oxygens (including phenoxy) is 3. The van der Waals surface area contributed by atoms with Crippen molar-refractivity contribution in [2.45, 2.75) is 13.3 Å². The number of rotatable bonds is 8. The number of thiophene rings is 1. The van der Waals surface area contributed by atoms with Gasteiger partial charge < -0.3 is 19.1 Å². The number of anilines is 2. The van der Waals surface area contributed by atoms with E-state index in [0.29, 0.717) is 18.0 Å². The molecule has 9 heteroatoms. The molecule has 190 valence electrons. The summed E-state index contributed by atoms with van der Waals surface area (Å²) in [5.74, 6) is 1.33. The maximum absolute atomic E-state index is 11.8. The van der Waals surface area contributed by atoms with Gasteiger partial charge in [0.25, 0.3) is 0 Å².